The molecule has 1 aromatic heterocycles. The second-order valence-electron chi connectivity index (χ2n) is 6.89. The predicted molar refractivity (Wildman–Crippen MR) is 92.4 cm³/mol. The Morgan fingerprint density at radius 3 is 2.71 bits per heavy atom. The van der Waals surface area contributed by atoms with E-state index in [9.17, 15) is 13.2 Å². The number of rotatable bonds is 4. The number of nitrogens with one attached hydrogen (secondary N) is 1. The van der Waals surface area contributed by atoms with E-state index >= 15 is 0 Å². The second-order valence-corrected chi connectivity index (χ2v) is 10.0. The minimum absolute atomic E-state index is 0.0281. The molecule has 1 atom stereocenters. The van der Waals surface area contributed by atoms with Crippen LogP contribution < -0.4 is 5.32 Å². The molecule has 1 N–H and O–H groups in total. The molecular formula is C16H24N2O4S2. The smallest absolute Gasteiger partial charge is 0.252 e. The highest BCUT2D eigenvalue weighted by Crippen LogP contribution is 2.37. The Bertz CT molecular complexity index is 677. The molecule has 1 spiro atoms. The first-order chi connectivity index (χ1) is 11.3. The molecule has 0 saturated carbocycles. The van der Waals surface area contributed by atoms with E-state index < -0.39 is 10.0 Å². The molecular weight excluding hydrogens is 348 g/mol. The lowest BCUT2D eigenvalue weighted by Crippen LogP contribution is -2.47. The summed E-state index contributed by atoms with van der Waals surface area (Å²) < 4.78 is 33.1. The molecule has 3 heterocycles. The summed E-state index contributed by atoms with van der Waals surface area (Å²) in [6.07, 6.45) is 2.11. The van der Waals surface area contributed by atoms with E-state index in [0.29, 0.717) is 36.7 Å². The SMILES string of the molecule is CC(C)C(=O)N[C@@H]1COC2(CCN(S(=O)(=O)c3cccs3)CC2)C1. The Kier molecular flexibility index (Phi) is 5.01. The fourth-order valence-electron chi connectivity index (χ4n) is 3.32. The molecule has 0 radical (unpaired) electrons. The second kappa shape index (κ2) is 6.74. The molecule has 134 valence electrons. The van der Waals surface area contributed by atoms with Gasteiger partial charge in [-0.25, -0.2) is 8.42 Å². The van der Waals surface area contributed by atoms with Gasteiger partial charge in [-0.05, 0) is 30.7 Å². The molecule has 2 aliphatic rings. The summed E-state index contributed by atoms with van der Waals surface area (Å²) in [7, 11) is -3.38. The van der Waals surface area contributed by atoms with Crippen molar-refractivity contribution in [1.82, 2.24) is 9.62 Å². The molecule has 0 aliphatic carbocycles. The fourth-order valence-corrected chi connectivity index (χ4v) is 5.91. The first-order valence-electron chi connectivity index (χ1n) is 8.30. The van der Waals surface area contributed by atoms with Crippen LogP contribution in [-0.4, -0.2) is 50.0 Å². The van der Waals surface area contributed by atoms with E-state index in [4.69, 9.17) is 4.74 Å². The van der Waals surface area contributed by atoms with Crippen molar-refractivity contribution in [1.29, 1.82) is 0 Å². The molecule has 8 heteroatoms. The lowest BCUT2D eigenvalue weighted by atomic mass is 9.88. The predicted octanol–water partition coefficient (Wildman–Crippen LogP) is 1.83. The van der Waals surface area contributed by atoms with Crippen LogP contribution in [0.1, 0.15) is 33.1 Å². The molecule has 2 fully saturated rings. The molecule has 1 aromatic rings. The third kappa shape index (κ3) is 3.51. The van der Waals surface area contributed by atoms with Crippen molar-refractivity contribution in [2.75, 3.05) is 19.7 Å². The average Bonchev–Trinajstić information content (AvgIpc) is 3.19. The Hall–Kier alpha value is -0.960. The van der Waals surface area contributed by atoms with Gasteiger partial charge in [0.15, 0.2) is 0 Å². The Morgan fingerprint density at radius 2 is 2.12 bits per heavy atom. The van der Waals surface area contributed by atoms with Gasteiger partial charge in [0.2, 0.25) is 5.91 Å². The third-order valence-electron chi connectivity index (χ3n) is 4.80. The van der Waals surface area contributed by atoms with Crippen LogP contribution in [0.5, 0.6) is 0 Å². The van der Waals surface area contributed by atoms with E-state index in [1.807, 2.05) is 13.8 Å². The molecule has 0 aromatic carbocycles. The van der Waals surface area contributed by atoms with E-state index in [1.165, 1.54) is 11.3 Å². The van der Waals surface area contributed by atoms with Crippen LogP contribution in [0.3, 0.4) is 0 Å². The van der Waals surface area contributed by atoms with Crippen LogP contribution in [0.4, 0.5) is 0 Å². The number of thiophene rings is 1. The van der Waals surface area contributed by atoms with Crippen molar-refractivity contribution in [3.05, 3.63) is 17.5 Å². The number of carbonyl (C=O) groups is 1. The molecule has 3 rings (SSSR count). The first-order valence-corrected chi connectivity index (χ1v) is 10.6. The number of sulfonamides is 1. The van der Waals surface area contributed by atoms with Gasteiger partial charge in [0, 0.05) is 19.0 Å². The van der Waals surface area contributed by atoms with Gasteiger partial charge in [-0.1, -0.05) is 19.9 Å². The van der Waals surface area contributed by atoms with E-state index in [0.717, 1.165) is 6.42 Å². The molecule has 24 heavy (non-hydrogen) atoms. The number of ether oxygens (including phenoxy) is 1. The Labute approximate surface area is 147 Å². The van der Waals surface area contributed by atoms with Crippen LogP contribution in [-0.2, 0) is 19.6 Å². The van der Waals surface area contributed by atoms with Crippen molar-refractivity contribution >= 4 is 27.3 Å². The molecule has 0 unspecified atom stereocenters. The topological polar surface area (TPSA) is 75.7 Å². The lowest BCUT2D eigenvalue weighted by molar-refractivity contribution is -0.124. The minimum Gasteiger partial charge on any atom is -0.373 e. The highest BCUT2D eigenvalue weighted by molar-refractivity contribution is 7.91. The number of hydrogen-bond acceptors (Lipinski definition) is 5. The van der Waals surface area contributed by atoms with Crippen molar-refractivity contribution in [2.24, 2.45) is 5.92 Å². The maximum atomic E-state index is 12.6. The third-order valence-corrected chi connectivity index (χ3v) is 8.07. The first kappa shape index (κ1) is 17.8. The summed E-state index contributed by atoms with van der Waals surface area (Å²) >= 11 is 1.25. The van der Waals surface area contributed by atoms with E-state index in [-0.39, 0.29) is 23.5 Å². The van der Waals surface area contributed by atoms with Gasteiger partial charge in [-0.3, -0.25) is 4.79 Å². The maximum absolute atomic E-state index is 12.6. The zero-order valence-electron chi connectivity index (χ0n) is 14.0. The van der Waals surface area contributed by atoms with E-state index in [2.05, 4.69) is 5.32 Å². The van der Waals surface area contributed by atoms with Crippen molar-refractivity contribution in [3.8, 4) is 0 Å². The number of hydrogen-bond donors (Lipinski definition) is 1. The van der Waals surface area contributed by atoms with Gasteiger partial charge in [0.1, 0.15) is 4.21 Å². The largest absolute Gasteiger partial charge is 0.373 e. The maximum Gasteiger partial charge on any atom is 0.252 e. The summed E-state index contributed by atoms with van der Waals surface area (Å²) in [4.78, 5) is 11.8. The molecule has 1 amide bonds. The normalized spacial score (nSPS) is 24.5. The van der Waals surface area contributed by atoms with Crippen LogP contribution in [0.2, 0.25) is 0 Å². The van der Waals surface area contributed by atoms with Crippen molar-refractivity contribution in [3.63, 3.8) is 0 Å². The number of piperidine rings is 1. The zero-order valence-corrected chi connectivity index (χ0v) is 15.7. The van der Waals surface area contributed by atoms with Gasteiger partial charge < -0.3 is 10.1 Å². The molecule has 0 bridgehead atoms. The quantitative estimate of drug-likeness (QED) is 0.875. The van der Waals surface area contributed by atoms with Crippen molar-refractivity contribution in [2.45, 2.75) is 49.0 Å². The summed E-state index contributed by atoms with van der Waals surface area (Å²) in [5.41, 5.74) is -0.295. The van der Waals surface area contributed by atoms with Gasteiger partial charge in [-0.2, -0.15) is 4.31 Å². The minimum atomic E-state index is -3.38. The number of amides is 1. The number of carbonyl (C=O) groups excluding carboxylic acids is 1. The van der Waals surface area contributed by atoms with Gasteiger partial charge in [0.05, 0.1) is 18.2 Å². The summed E-state index contributed by atoms with van der Waals surface area (Å²) in [6, 6.07) is 3.43. The summed E-state index contributed by atoms with van der Waals surface area (Å²) in [5, 5.41) is 4.80. The molecule has 2 aliphatic heterocycles. The van der Waals surface area contributed by atoms with Crippen LogP contribution >= 0.6 is 11.3 Å². The zero-order chi connectivity index (χ0) is 17.4. The average molecular weight is 373 g/mol. The number of nitrogens with zero attached hydrogens (tertiary/aromatic N) is 1. The monoisotopic (exact) mass is 372 g/mol. The molecule has 2 saturated heterocycles. The highest BCUT2D eigenvalue weighted by atomic mass is 32.2. The Morgan fingerprint density at radius 1 is 1.42 bits per heavy atom. The summed E-state index contributed by atoms with van der Waals surface area (Å²) in [6.45, 7) is 5.18. The van der Waals surface area contributed by atoms with Crippen LogP contribution in [0, 0.1) is 5.92 Å². The fraction of sp³-hybridized carbons (Fsp3) is 0.688. The molecule has 6 nitrogen and oxygen atoms in total. The van der Waals surface area contributed by atoms with Gasteiger partial charge in [0.25, 0.3) is 10.0 Å². The van der Waals surface area contributed by atoms with E-state index in [1.54, 1.807) is 21.8 Å². The van der Waals surface area contributed by atoms with Crippen molar-refractivity contribution < 1.29 is 17.9 Å². The Balaban J connectivity index is 1.59. The van der Waals surface area contributed by atoms with Gasteiger partial charge in [-0.15, -0.1) is 11.3 Å². The lowest BCUT2D eigenvalue weighted by Gasteiger charge is -2.37. The van der Waals surface area contributed by atoms with Gasteiger partial charge >= 0.3 is 0 Å². The van der Waals surface area contributed by atoms with Crippen LogP contribution in [0.25, 0.3) is 0 Å². The van der Waals surface area contributed by atoms with Crippen LogP contribution in [0.15, 0.2) is 21.7 Å². The summed E-state index contributed by atoms with van der Waals surface area (Å²) in [5.74, 6) is -0.00213. The highest BCUT2D eigenvalue weighted by Gasteiger charge is 2.45. The standard InChI is InChI=1S/C16H24N2O4S2/c1-12(2)15(19)17-13-10-16(22-11-13)5-7-18(8-6-16)24(20,21)14-4-3-9-23-14/h3-4,9,12-13H,5-8,10-11H2,1-2H3,(H,17,19)/t13-/m0/s1.